The van der Waals surface area contributed by atoms with Crippen molar-refractivity contribution >= 4 is 15.8 Å². The highest BCUT2D eigenvalue weighted by Gasteiger charge is 2.31. The summed E-state index contributed by atoms with van der Waals surface area (Å²) in [6.07, 6.45) is 3.95. The maximum Gasteiger partial charge on any atom is 0.383 e. The summed E-state index contributed by atoms with van der Waals surface area (Å²) in [6, 6.07) is 2.49. The highest BCUT2D eigenvalue weighted by atomic mass is 32.2. The molecule has 0 amide bonds. The molecule has 0 aromatic carbocycles. The molecule has 0 radical (unpaired) electrons. The summed E-state index contributed by atoms with van der Waals surface area (Å²) in [5.74, 6) is -0.694. The number of nitro groups is 1. The smallest absolute Gasteiger partial charge is 0.358 e. The summed E-state index contributed by atoms with van der Waals surface area (Å²) >= 11 is 0. The van der Waals surface area contributed by atoms with Crippen LogP contribution in [0.25, 0.3) is 0 Å². The monoisotopic (exact) mass is 283 g/mol. The second-order valence-corrected chi connectivity index (χ2v) is 5.39. The van der Waals surface area contributed by atoms with Crippen molar-refractivity contribution in [3.63, 3.8) is 0 Å². The van der Waals surface area contributed by atoms with Crippen LogP contribution in [-0.4, -0.2) is 35.7 Å². The van der Waals surface area contributed by atoms with Gasteiger partial charge in [-0.2, -0.15) is 4.31 Å². The molecule has 1 heterocycles. The van der Waals surface area contributed by atoms with Gasteiger partial charge in [0, 0.05) is 13.1 Å². The Morgan fingerprint density at radius 2 is 1.95 bits per heavy atom. The normalized spacial score (nSPS) is 11.2. The van der Waals surface area contributed by atoms with Crippen molar-refractivity contribution in [1.29, 1.82) is 0 Å². The van der Waals surface area contributed by atoms with Gasteiger partial charge in [0.2, 0.25) is 0 Å². The van der Waals surface area contributed by atoms with E-state index in [9.17, 15) is 18.5 Å². The largest absolute Gasteiger partial charge is 0.383 e. The van der Waals surface area contributed by atoms with Gasteiger partial charge in [-0.1, -0.05) is 12.2 Å². The molecule has 0 fully saturated rings. The zero-order valence-corrected chi connectivity index (χ0v) is 10.9. The average Bonchev–Trinajstić information content (AvgIpc) is 2.38. The molecule has 0 unspecified atom stereocenters. The maximum atomic E-state index is 12.3. The van der Waals surface area contributed by atoms with E-state index in [1.165, 1.54) is 24.4 Å². The van der Waals surface area contributed by atoms with E-state index < -0.39 is 25.7 Å². The van der Waals surface area contributed by atoms with Crippen LogP contribution in [0.15, 0.2) is 48.5 Å². The van der Waals surface area contributed by atoms with Crippen LogP contribution in [0, 0.1) is 10.1 Å². The first-order chi connectivity index (χ1) is 8.95. The van der Waals surface area contributed by atoms with Crippen LogP contribution in [0.3, 0.4) is 0 Å². The van der Waals surface area contributed by atoms with Crippen LogP contribution >= 0.6 is 0 Å². The Morgan fingerprint density at radius 1 is 1.37 bits per heavy atom. The van der Waals surface area contributed by atoms with Gasteiger partial charge >= 0.3 is 5.82 Å². The zero-order chi connectivity index (χ0) is 14.5. The number of aromatic nitrogens is 1. The van der Waals surface area contributed by atoms with Gasteiger partial charge in [-0.3, -0.25) is 0 Å². The fourth-order valence-electron chi connectivity index (χ4n) is 1.42. The number of pyridine rings is 1. The van der Waals surface area contributed by atoms with Gasteiger partial charge in [0.05, 0.1) is 0 Å². The molecule has 0 saturated carbocycles. The summed E-state index contributed by atoms with van der Waals surface area (Å²) in [4.78, 5) is 13.0. The highest BCUT2D eigenvalue weighted by Crippen LogP contribution is 2.23. The molecule has 1 rings (SSSR count). The van der Waals surface area contributed by atoms with Crippen LogP contribution in [0.2, 0.25) is 0 Å². The van der Waals surface area contributed by atoms with Crippen molar-refractivity contribution < 1.29 is 13.3 Å². The summed E-state index contributed by atoms with van der Waals surface area (Å²) in [5.41, 5.74) is 0. The standard InChI is InChI=1S/C11H13N3O4S/c1-3-8-13(9-4-2)19(17,18)10-6-5-7-12-11(10)14(15)16/h3-7H,1-2,8-9H2. The van der Waals surface area contributed by atoms with E-state index in [-0.39, 0.29) is 13.1 Å². The van der Waals surface area contributed by atoms with Gasteiger partial charge in [0.1, 0.15) is 6.20 Å². The average molecular weight is 283 g/mol. The van der Waals surface area contributed by atoms with Crippen LogP contribution in [0.5, 0.6) is 0 Å². The Labute approximate surface area is 111 Å². The molecule has 1 aromatic heterocycles. The van der Waals surface area contributed by atoms with Gasteiger partial charge in [0.25, 0.3) is 10.0 Å². The Hall–Kier alpha value is -2.06. The van der Waals surface area contributed by atoms with Crippen molar-refractivity contribution in [2.24, 2.45) is 0 Å². The predicted octanol–water partition coefficient (Wildman–Crippen LogP) is 1.35. The van der Waals surface area contributed by atoms with Crippen molar-refractivity contribution in [3.8, 4) is 0 Å². The molecule has 0 bridgehead atoms. The summed E-state index contributed by atoms with van der Waals surface area (Å²) in [5, 5.41) is 10.8. The topological polar surface area (TPSA) is 93.4 Å². The number of hydrogen-bond donors (Lipinski definition) is 0. The SMILES string of the molecule is C=CCN(CC=C)S(=O)(=O)c1cccnc1[N+](=O)[O-]. The van der Waals surface area contributed by atoms with Crippen LogP contribution in [0.4, 0.5) is 5.82 Å². The molecule has 0 spiro atoms. The van der Waals surface area contributed by atoms with E-state index in [0.29, 0.717) is 0 Å². The third-order valence-electron chi connectivity index (χ3n) is 2.21. The molecule has 0 atom stereocenters. The molecule has 0 aliphatic carbocycles. The minimum Gasteiger partial charge on any atom is -0.358 e. The van der Waals surface area contributed by atoms with Gasteiger partial charge in [0.15, 0.2) is 4.90 Å². The molecular formula is C11H13N3O4S. The van der Waals surface area contributed by atoms with Gasteiger partial charge in [-0.05, 0) is 22.0 Å². The van der Waals surface area contributed by atoms with Gasteiger partial charge in [-0.25, -0.2) is 8.42 Å². The van der Waals surface area contributed by atoms with E-state index in [1.807, 2.05) is 0 Å². The third-order valence-corrected chi connectivity index (χ3v) is 4.06. The van der Waals surface area contributed by atoms with E-state index in [4.69, 9.17) is 0 Å². The summed E-state index contributed by atoms with van der Waals surface area (Å²) in [7, 11) is -4.01. The molecule has 0 saturated heterocycles. The highest BCUT2D eigenvalue weighted by molar-refractivity contribution is 7.89. The van der Waals surface area contributed by atoms with Crippen LogP contribution < -0.4 is 0 Å². The molecule has 0 aliphatic rings. The minimum absolute atomic E-state index is 0.0282. The Bertz CT molecular complexity index is 588. The van der Waals surface area contributed by atoms with E-state index in [2.05, 4.69) is 18.1 Å². The minimum atomic E-state index is -4.01. The van der Waals surface area contributed by atoms with Crippen molar-refractivity contribution in [1.82, 2.24) is 9.29 Å². The number of hydrogen-bond acceptors (Lipinski definition) is 5. The summed E-state index contributed by atoms with van der Waals surface area (Å²) < 4.78 is 25.7. The lowest BCUT2D eigenvalue weighted by molar-refractivity contribution is -0.392. The lowest BCUT2D eigenvalue weighted by Crippen LogP contribution is -2.32. The van der Waals surface area contributed by atoms with Gasteiger partial charge in [-0.15, -0.1) is 13.2 Å². The Morgan fingerprint density at radius 3 is 2.42 bits per heavy atom. The van der Waals surface area contributed by atoms with Crippen LogP contribution in [-0.2, 0) is 10.0 Å². The molecule has 0 N–H and O–H groups in total. The first-order valence-electron chi connectivity index (χ1n) is 5.26. The Balaban J connectivity index is 3.36. The molecule has 1 aromatic rings. The first kappa shape index (κ1) is 15.0. The second kappa shape index (κ2) is 6.21. The van der Waals surface area contributed by atoms with E-state index >= 15 is 0 Å². The number of rotatable bonds is 7. The number of nitrogens with zero attached hydrogens (tertiary/aromatic N) is 3. The predicted molar refractivity (Wildman–Crippen MR) is 70.0 cm³/mol. The summed E-state index contributed by atoms with van der Waals surface area (Å²) in [6.45, 7) is 6.97. The van der Waals surface area contributed by atoms with Crippen molar-refractivity contribution in [3.05, 3.63) is 53.8 Å². The second-order valence-electron chi connectivity index (χ2n) is 3.48. The lowest BCUT2D eigenvalue weighted by atomic mass is 10.5. The lowest BCUT2D eigenvalue weighted by Gasteiger charge is -2.18. The first-order valence-corrected chi connectivity index (χ1v) is 6.70. The third kappa shape index (κ3) is 3.24. The number of sulfonamides is 1. The zero-order valence-electron chi connectivity index (χ0n) is 10.1. The molecular weight excluding hydrogens is 270 g/mol. The van der Waals surface area contributed by atoms with Crippen LogP contribution in [0.1, 0.15) is 0 Å². The Kier molecular flexibility index (Phi) is 4.90. The molecule has 19 heavy (non-hydrogen) atoms. The molecule has 102 valence electrons. The molecule has 7 nitrogen and oxygen atoms in total. The fourth-order valence-corrected chi connectivity index (χ4v) is 2.91. The van der Waals surface area contributed by atoms with E-state index in [0.717, 1.165) is 10.4 Å². The maximum absolute atomic E-state index is 12.3. The van der Waals surface area contributed by atoms with Crippen molar-refractivity contribution in [2.75, 3.05) is 13.1 Å². The van der Waals surface area contributed by atoms with Gasteiger partial charge < -0.3 is 10.1 Å². The molecule has 8 heteroatoms. The van der Waals surface area contributed by atoms with Crippen molar-refractivity contribution in [2.45, 2.75) is 4.90 Å². The molecule has 0 aliphatic heterocycles. The quantitative estimate of drug-likeness (QED) is 0.428. The van der Waals surface area contributed by atoms with E-state index in [1.54, 1.807) is 0 Å². The fraction of sp³-hybridized carbons (Fsp3) is 0.182.